The molecule has 8 heteroatoms. The summed E-state index contributed by atoms with van der Waals surface area (Å²) in [5.74, 6) is 0.168. The summed E-state index contributed by atoms with van der Waals surface area (Å²) < 4.78 is 15.5. The molecule has 8 nitrogen and oxygen atoms in total. The van der Waals surface area contributed by atoms with Crippen molar-refractivity contribution in [1.29, 1.82) is 0 Å². The van der Waals surface area contributed by atoms with Crippen LogP contribution in [0.25, 0.3) is 0 Å². The van der Waals surface area contributed by atoms with Gasteiger partial charge >= 0.3 is 12.0 Å². The first-order valence-corrected chi connectivity index (χ1v) is 8.89. The number of nitrogens with one attached hydrogen (secondary N) is 2. The number of hydrogen-bond donors (Lipinski definition) is 2. The number of esters is 1. The van der Waals surface area contributed by atoms with E-state index in [-0.39, 0.29) is 18.4 Å². The van der Waals surface area contributed by atoms with Crippen LogP contribution in [0.3, 0.4) is 0 Å². The van der Waals surface area contributed by atoms with E-state index in [1.54, 1.807) is 19.2 Å². The maximum Gasteiger partial charge on any atom is 0.319 e. The number of rotatable bonds is 9. The Morgan fingerprint density at radius 3 is 2.37 bits per heavy atom. The Balaban J connectivity index is 2.44. The second-order valence-corrected chi connectivity index (χ2v) is 7.78. The molecular formula is C19H31N3O5. The van der Waals surface area contributed by atoms with Gasteiger partial charge in [0.05, 0.1) is 18.5 Å². The summed E-state index contributed by atoms with van der Waals surface area (Å²) in [6.45, 7) is 10.0. The molecule has 2 amide bonds. The average molecular weight is 381 g/mol. The maximum atomic E-state index is 12.2. The van der Waals surface area contributed by atoms with E-state index in [0.29, 0.717) is 31.2 Å². The molecule has 0 aliphatic heterocycles. The van der Waals surface area contributed by atoms with Gasteiger partial charge in [-0.1, -0.05) is 0 Å². The summed E-state index contributed by atoms with van der Waals surface area (Å²) in [6, 6.07) is 2.99. The van der Waals surface area contributed by atoms with E-state index in [1.165, 1.54) is 6.20 Å². The van der Waals surface area contributed by atoms with Crippen molar-refractivity contribution in [3.05, 3.63) is 18.3 Å². The molecule has 1 aromatic rings. The Morgan fingerprint density at radius 2 is 1.81 bits per heavy atom. The van der Waals surface area contributed by atoms with Gasteiger partial charge in [0.15, 0.2) is 0 Å². The van der Waals surface area contributed by atoms with E-state index in [9.17, 15) is 9.59 Å². The Labute approximate surface area is 161 Å². The number of methoxy groups -OCH3 is 1. The van der Waals surface area contributed by atoms with Gasteiger partial charge in [0, 0.05) is 25.1 Å². The van der Waals surface area contributed by atoms with Gasteiger partial charge in [0.25, 0.3) is 0 Å². The van der Waals surface area contributed by atoms with Gasteiger partial charge in [-0.15, -0.1) is 0 Å². The smallest absolute Gasteiger partial charge is 0.319 e. The number of ether oxygens (including phenoxy) is 3. The van der Waals surface area contributed by atoms with Crippen molar-refractivity contribution in [3.63, 3.8) is 0 Å². The second kappa shape index (κ2) is 10.1. The van der Waals surface area contributed by atoms with Crippen LogP contribution in [0.5, 0.6) is 5.88 Å². The van der Waals surface area contributed by atoms with Gasteiger partial charge in [-0.2, -0.15) is 0 Å². The summed E-state index contributed by atoms with van der Waals surface area (Å²) in [7, 11) is 1.59. The highest BCUT2D eigenvalue weighted by Gasteiger charge is 2.24. The van der Waals surface area contributed by atoms with Crippen molar-refractivity contribution >= 4 is 17.7 Å². The molecule has 0 saturated heterocycles. The first-order chi connectivity index (χ1) is 12.5. The van der Waals surface area contributed by atoms with Gasteiger partial charge in [-0.3, -0.25) is 4.79 Å². The zero-order chi connectivity index (χ0) is 20.5. The molecule has 0 bridgehead atoms. The standard InChI is InChI=1S/C19H31N3O5/c1-18(2,3)27-16(23)9-10-19(4,5)22-17(24)21-14-7-8-15(20-13-14)26-12-11-25-6/h7-8,13H,9-12H2,1-6H3,(H2,21,22,24). The monoisotopic (exact) mass is 381 g/mol. The molecule has 152 valence electrons. The molecule has 0 aliphatic rings. The van der Waals surface area contributed by atoms with Gasteiger partial charge in [-0.25, -0.2) is 9.78 Å². The Kier molecular flexibility index (Phi) is 8.49. The minimum atomic E-state index is -0.572. The highest BCUT2D eigenvalue weighted by atomic mass is 16.6. The molecule has 27 heavy (non-hydrogen) atoms. The van der Waals surface area contributed by atoms with Crippen molar-refractivity contribution in [3.8, 4) is 5.88 Å². The zero-order valence-corrected chi connectivity index (χ0v) is 17.0. The third-order valence-corrected chi connectivity index (χ3v) is 3.36. The van der Waals surface area contributed by atoms with Crippen molar-refractivity contribution in [2.75, 3.05) is 25.6 Å². The minimum absolute atomic E-state index is 0.222. The summed E-state index contributed by atoms with van der Waals surface area (Å²) in [5, 5.41) is 5.56. The lowest BCUT2D eigenvalue weighted by Crippen LogP contribution is -2.46. The third-order valence-electron chi connectivity index (χ3n) is 3.36. The normalized spacial score (nSPS) is 11.6. The molecule has 1 rings (SSSR count). The number of carbonyl (C=O) groups is 2. The number of hydrogen-bond acceptors (Lipinski definition) is 6. The average Bonchev–Trinajstić information content (AvgIpc) is 2.53. The topological polar surface area (TPSA) is 98.8 Å². The number of carbonyl (C=O) groups excluding carboxylic acids is 2. The van der Waals surface area contributed by atoms with E-state index >= 15 is 0 Å². The predicted molar refractivity (Wildman–Crippen MR) is 103 cm³/mol. The van der Waals surface area contributed by atoms with Crippen LogP contribution in [0.2, 0.25) is 0 Å². The molecule has 2 N–H and O–H groups in total. The van der Waals surface area contributed by atoms with Crippen LogP contribution in [0.4, 0.5) is 10.5 Å². The van der Waals surface area contributed by atoms with E-state index < -0.39 is 11.1 Å². The van der Waals surface area contributed by atoms with Crippen LogP contribution in [0.15, 0.2) is 18.3 Å². The quantitative estimate of drug-likeness (QED) is 0.504. The summed E-state index contributed by atoms with van der Waals surface area (Å²) in [6.07, 6.45) is 2.19. The maximum absolute atomic E-state index is 12.2. The third kappa shape index (κ3) is 10.4. The van der Waals surface area contributed by atoms with Crippen LogP contribution in [-0.4, -0.2) is 48.4 Å². The number of anilines is 1. The molecule has 1 aromatic heterocycles. The predicted octanol–water partition coefficient (Wildman–Crippen LogP) is 3.13. The first kappa shape index (κ1) is 22.7. The van der Waals surface area contributed by atoms with Crippen molar-refractivity contribution in [2.45, 2.75) is 58.6 Å². The van der Waals surface area contributed by atoms with E-state index in [4.69, 9.17) is 14.2 Å². The molecule has 0 aliphatic carbocycles. The van der Waals surface area contributed by atoms with Crippen LogP contribution in [0.1, 0.15) is 47.5 Å². The summed E-state index contributed by atoms with van der Waals surface area (Å²) >= 11 is 0. The molecule has 0 saturated carbocycles. The molecule has 0 aromatic carbocycles. The Bertz CT molecular complexity index is 609. The summed E-state index contributed by atoms with van der Waals surface area (Å²) in [4.78, 5) is 28.1. The lowest BCUT2D eigenvalue weighted by Gasteiger charge is -2.27. The molecule has 0 spiro atoms. The van der Waals surface area contributed by atoms with Gasteiger partial charge < -0.3 is 24.8 Å². The number of aromatic nitrogens is 1. The van der Waals surface area contributed by atoms with Crippen molar-refractivity contribution in [1.82, 2.24) is 10.3 Å². The van der Waals surface area contributed by atoms with Gasteiger partial charge in [0.2, 0.25) is 5.88 Å². The number of pyridine rings is 1. The van der Waals surface area contributed by atoms with E-state index in [0.717, 1.165) is 0 Å². The van der Waals surface area contributed by atoms with Crippen LogP contribution >= 0.6 is 0 Å². The molecular weight excluding hydrogens is 350 g/mol. The number of amides is 2. The van der Waals surface area contributed by atoms with Gasteiger partial charge in [0.1, 0.15) is 12.2 Å². The molecule has 0 atom stereocenters. The van der Waals surface area contributed by atoms with E-state index in [1.807, 2.05) is 34.6 Å². The molecule has 1 heterocycles. The molecule has 0 fully saturated rings. The lowest BCUT2D eigenvalue weighted by atomic mass is 9.98. The lowest BCUT2D eigenvalue weighted by molar-refractivity contribution is -0.155. The second-order valence-electron chi connectivity index (χ2n) is 7.78. The summed E-state index contributed by atoms with van der Waals surface area (Å²) in [5.41, 5.74) is -0.551. The SMILES string of the molecule is COCCOc1ccc(NC(=O)NC(C)(C)CCC(=O)OC(C)(C)C)cn1. The molecule has 0 unspecified atom stereocenters. The van der Waals surface area contributed by atoms with Crippen LogP contribution < -0.4 is 15.4 Å². The molecule has 0 radical (unpaired) electrons. The zero-order valence-electron chi connectivity index (χ0n) is 17.0. The Hall–Kier alpha value is -2.35. The van der Waals surface area contributed by atoms with E-state index in [2.05, 4.69) is 15.6 Å². The van der Waals surface area contributed by atoms with Crippen LogP contribution in [-0.2, 0) is 14.3 Å². The van der Waals surface area contributed by atoms with Crippen molar-refractivity contribution < 1.29 is 23.8 Å². The fourth-order valence-corrected chi connectivity index (χ4v) is 2.11. The van der Waals surface area contributed by atoms with Crippen molar-refractivity contribution in [2.24, 2.45) is 0 Å². The number of nitrogens with zero attached hydrogens (tertiary/aromatic N) is 1. The van der Waals surface area contributed by atoms with Gasteiger partial charge in [-0.05, 0) is 47.1 Å². The first-order valence-electron chi connectivity index (χ1n) is 8.89. The Morgan fingerprint density at radius 1 is 1.11 bits per heavy atom. The van der Waals surface area contributed by atoms with Crippen LogP contribution in [0, 0.1) is 0 Å². The highest BCUT2D eigenvalue weighted by molar-refractivity contribution is 5.89. The largest absolute Gasteiger partial charge is 0.475 e. The fraction of sp³-hybridized carbons (Fsp3) is 0.632. The number of urea groups is 1. The fourth-order valence-electron chi connectivity index (χ4n) is 2.11. The highest BCUT2D eigenvalue weighted by Crippen LogP contribution is 2.16. The minimum Gasteiger partial charge on any atom is -0.475 e.